The van der Waals surface area contributed by atoms with Crippen molar-refractivity contribution in [2.75, 3.05) is 23.7 Å². The molecule has 12 heteroatoms. The Morgan fingerprint density at radius 3 is 2.70 bits per heavy atom. The van der Waals surface area contributed by atoms with E-state index in [1.165, 1.54) is 56.0 Å². The maximum absolute atomic E-state index is 12.6. The number of anilines is 3. The zero-order valence-electron chi connectivity index (χ0n) is 22.5. The fraction of sp³-hybridized carbons (Fsp3) is 0.321. The number of benzene rings is 1. The number of para-hydroxylation sites is 1. The summed E-state index contributed by atoms with van der Waals surface area (Å²) in [5, 5.41) is 11.1. The van der Waals surface area contributed by atoms with Gasteiger partial charge in [0.15, 0.2) is 11.5 Å². The molecule has 0 spiro atoms. The maximum Gasteiger partial charge on any atom is 0.211 e. The van der Waals surface area contributed by atoms with E-state index in [0.29, 0.717) is 6.41 Å². The van der Waals surface area contributed by atoms with Crippen molar-refractivity contribution in [1.29, 1.82) is 0 Å². The molecule has 6 rings (SSSR count). The van der Waals surface area contributed by atoms with Gasteiger partial charge in [0.05, 0.1) is 35.2 Å². The second-order valence-corrected chi connectivity index (χ2v) is 10.3. The highest BCUT2D eigenvalue weighted by Crippen LogP contribution is 2.28. The van der Waals surface area contributed by atoms with Crippen LogP contribution in [-0.4, -0.2) is 52.9 Å². The summed E-state index contributed by atoms with van der Waals surface area (Å²) >= 11 is 1.48. The maximum atomic E-state index is 12.6. The van der Waals surface area contributed by atoms with Crippen molar-refractivity contribution in [3.05, 3.63) is 72.3 Å². The van der Waals surface area contributed by atoms with Crippen LogP contribution in [0.3, 0.4) is 0 Å². The minimum atomic E-state index is -0.422. The third-order valence-electron chi connectivity index (χ3n) is 6.59. The molecule has 1 aliphatic rings. The Hall–Kier alpha value is -4.16. The Bertz CT molecular complexity index is 1570. The number of aryl methyl sites for hydroxylation is 2. The van der Waals surface area contributed by atoms with Gasteiger partial charge in [0.1, 0.15) is 10.8 Å². The van der Waals surface area contributed by atoms with Crippen LogP contribution in [0.4, 0.5) is 20.9 Å². The molecule has 2 N–H and O–H groups in total. The molecular formula is C28H32FN9OS. The summed E-state index contributed by atoms with van der Waals surface area (Å²) < 4.78 is 21.2. The first-order valence-corrected chi connectivity index (χ1v) is 14.1. The minimum absolute atomic E-state index is 0.206. The Kier molecular flexibility index (Phi) is 8.77. The number of hydrogen-bond donors (Lipinski definition) is 2. The second-order valence-electron chi connectivity index (χ2n) is 9.54. The average molecular weight is 562 g/mol. The van der Waals surface area contributed by atoms with Gasteiger partial charge in [-0.1, -0.05) is 18.6 Å². The van der Waals surface area contributed by atoms with Gasteiger partial charge in [-0.2, -0.15) is 9.47 Å². The number of aromatic nitrogens is 6. The molecule has 5 aromatic rings. The lowest BCUT2D eigenvalue weighted by atomic mass is 10.1. The van der Waals surface area contributed by atoms with E-state index >= 15 is 0 Å². The molecule has 4 aromatic heterocycles. The third kappa shape index (κ3) is 6.52. The highest BCUT2D eigenvalue weighted by molar-refractivity contribution is 7.10. The summed E-state index contributed by atoms with van der Waals surface area (Å²) in [5.74, 6) is 0.326. The summed E-state index contributed by atoms with van der Waals surface area (Å²) in [6, 6.07) is 8.12. The molecule has 0 atom stereocenters. The van der Waals surface area contributed by atoms with Crippen LogP contribution in [0.5, 0.6) is 0 Å². The van der Waals surface area contributed by atoms with E-state index < -0.39 is 5.82 Å². The number of fused-ring (bicyclic) bond motifs is 1. The van der Waals surface area contributed by atoms with Crippen molar-refractivity contribution >= 4 is 40.1 Å². The molecule has 1 amide bonds. The summed E-state index contributed by atoms with van der Waals surface area (Å²) in [6.45, 7) is 8.19. The van der Waals surface area contributed by atoms with E-state index in [1.807, 2.05) is 36.4 Å². The van der Waals surface area contributed by atoms with Crippen molar-refractivity contribution in [3.63, 3.8) is 0 Å². The summed E-state index contributed by atoms with van der Waals surface area (Å²) in [5.41, 5.74) is 5.09. The normalized spacial score (nSPS) is 13.6. The lowest BCUT2D eigenvalue weighted by molar-refractivity contribution is -0.105. The Balaban J connectivity index is 0.000000274. The highest BCUT2D eigenvalue weighted by Gasteiger charge is 2.16. The van der Waals surface area contributed by atoms with Gasteiger partial charge in [-0.3, -0.25) is 18.8 Å². The summed E-state index contributed by atoms with van der Waals surface area (Å²) in [4.78, 5) is 21.7. The van der Waals surface area contributed by atoms with Crippen LogP contribution in [0.2, 0.25) is 0 Å². The van der Waals surface area contributed by atoms with E-state index in [1.54, 1.807) is 12.1 Å². The zero-order valence-corrected chi connectivity index (χ0v) is 23.4. The van der Waals surface area contributed by atoms with Crippen LogP contribution in [0.25, 0.3) is 16.9 Å². The van der Waals surface area contributed by atoms with Crippen molar-refractivity contribution in [2.24, 2.45) is 0 Å². The Labute approximate surface area is 236 Å². The average Bonchev–Trinajstić information content (AvgIpc) is 3.71. The Morgan fingerprint density at radius 2 is 1.95 bits per heavy atom. The third-order valence-corrected chi connectivity index (χ3v) is 7.33. The molecule has 0 radical (unpaired) electrons. The number of nitrogens with one attached hydrogen (secondary N) is 2. The number of hydrogen-bond acceptors (Lipinski definition) is 8. The van der Waals surface area contributed by atoms with Gasteiger partial charge in [-0.15, -0.1) is 0 Å². The van der Waals surface area contributed by atoms with Crippen LogP contribution >= 0.6 is 11.5 Å². The van der Waals surface area contributed by atoms with Gasteiger partial charge in [-0.25, -0.2) is 14.4 Å². The summed E-state index contributed by atoms with van der Waals surface area (Å²) in [7, 11) is 0. The van der Waals surface area contributed by atoms with Gasteiger partial charge in [0.25, 0.3) is 0 Å². The summed E-state index contributed by atoms with van der Waals surface area (Å²) in [6.07, 6.45) is 12.2. The number of piperidine rings is 1. The molecule has 0 unspecified atom stereocenters. The fourth-order valence-electron chi connectivity index (χ4n) is 4.63. The first kappa shape index (κ1) is 27.4. The van der Waals surface area contributed by atoms with Gasteiger partial charge in [-0.05, 0) is 69.5 Å². The molecule has 1 saturated heterocycles. The quantitative estimate of drug-likeness (QED) is 0.241. The number of nitrogens with zero attached hydrogens (tertiary/aromatic N) is 7. The lowest BCUT2D eigenvalue weighted by Crippen LogP contribution is -2.29. The highest BCUT2D eigenvalue weighted by atomic mass is 32.1. The van der Waals surface area contributed by atoms with Crippen molar-refractivity contribution in [2.45, 2.75) is 46.2 Å². The molecule has 0 aliphatic carbocycles. The van der Waals surface area contributed by atoms with Gasteiger partial charge in [0.2, 0.25) is 6.41 Å². The molecule has 5 heterocycles. The van der Waals surface area contributed by atoms with Crippen LogP contribution in [0.1, 0.15) is 37.6 Å². The predicted octanol–water partition coefficient (Wildman–Crippen LogP) is 5.50. The van der Waals surface area contributed by atoms with Crippen molar-refractivity contribution in [1.82, 2.24) is 33.4 Å². The Morgan fingerprint density at radius 1 is 1.12 bits per heavy atom. The smallest absolute Gasteiger partial charge is 0.211 e. The van der Waals surface area contributed by atoms with E-state index in [0.717, 1.165) is 52.2 Å². The number of carbonyl (C=O) groups excluding carboxylic acids is 1. The standard InChI is InChI=1S/C21H26N8S.C7H6FNO/c1-3-28-13-16(10-23-28)18-11-22-21-20(24-15(2)12-29(18)21)25-19-9-17(26-30-19)14-27-7-5-4-6-8-27;8-6-3-1-2-4-7(6)9-5-10/h9-13H,3-8,14H2,1-2H3,(H,24,25);1-5H,(H,9,10). The van der Waals surface area contributed by atoms with Gasteiger partial charge < -0.3 is 10.6 Å². The van der Waals surface area contributed by atoms with Crippen molar-refractivity contribution < 1.29 is 9.18 Å². The largest absolute Gasteiger partial charge is 0.328 e. The molecule has 1 aliphatic heterocycles. The zero-order chi connectivity index (χ0) is 27.9. The lowest BCUT2D eigenvalue weighted by Gasteiger charge is -2.25. The van der Waals surface area contributed by atoms with Crippen LogP contribution in [-0.2, 0) is 17.9 Å². The minimum Gasteiger partial charge on any atom is -0.328 e. The molecule has 10 nitrogen and oxygen atoms in total. The van der Waals surface area contributed by atoms with Crippen molar-refractivity contribution in [3.8, 4) is 11.3 Å². The van der Waals surface area contributed by atoms with E-state index in [4.69, 9.17) is 4.98 Å². The van der Waals surface area contributed by atoms with Gasteiger partial charge >= 0.3 is 0 Å². The number of likely N-dealkylation sites (tertiary alicyclic amines) is 1. The second kappa shape index (κ2) is 12.8. The number of carbonyl (C=O) groups is 1. The van der Waals surface area contributed by atoms with Gasteiger partial charge in [0, 0.05) is 31.0 Å². The van der Waals surface area contributed by atoms with E-state index in [2.05, 4.69) is 47.4 Å². The van der Waals surface area contributed by atoms with E-state index in [9.17, 15) is 9.18 Å². The molecular weight excluding hydrogens is 529 g/mol. The molecule has 0 bridgehead atoms. The first-order valence-electron chi connectivity index (χ1n) is 13.3. The van der Waals surface area contributed by atoms with Crippen LogP contribution in [0, 0.1) is 12.7 Å². The number of halogens is 1. The topological polar surface area (TPSA) is 105 Å². The SMILES string of the molecule is CCn1cc(-c2cnc3c(Nc4cc(CN5CCCCC5)ns4)nc(C)cn23)cn1.O=CNc1ccccc1F. The predicted molar refractivity (Wildman–Crippen MR) is 155 cm³/mol. The molecule has 1 aromatic carbocycles. The van der Waals surface area contributed by atoms with Crippen LogP contribution in [0.15, 0.2) is 55.1 Å². The molecule has 0 saturated carbocycles. The molecule has 208 valence electrons. The molecule has 40 heavy (non-hydrogen) atoms. The molecule has 1 fully saturated rings. The number of rotatable bonds is 8. The monoisotopic (exact) mass is 561 g/mol. The van der Waals surface area contributed by atoms with Crippen LogP contribution < -0.4 is 10.6 Å². The number of amides is 1. The first-order chi connectivity index (χ1) is 19.5. The van der Waals surface area contributed by atoms with E-state index in [-0.39, 0.29) is 5.69 Å². The number of imidazole rings is 1. The fourth-order valence-corrected chi connectivity index (χ4v) is 5.28.